The van der Waals surface area contributed by atoms with Crippen molar-refractivity contribution < 1.29 is 14.1 Å². The zero-order chi connectivity index (χ0) is 15.7. The van der Waals surface area contributed by atoms with E-state index in [-0.39, 0.29) is 17.4 Å². The number of aromatic nitrogens is 1. The number of rotatable bonds is 4. The van der Waals surface area contributed by atoms with E-state index in [9.17, 15) is 4.79 Å². The highest BCUT2D eigenvalue weighted by atomic mass is 16.5. The van der Waals surface area contributed by atoms with Crippen LogP contribution in [0.4, 0.5) is 0 Å². The molecular formula is C17H26N2O3. The highest BCUT2D eigenvalue weighted by molar-refractivity contribution is 5.96. The minimum absolute atomic E-state index is 0.0545. The van der Waals surface area contributed by atoms with Gasteiger partial charge in [0.05, 0.1) is 11.8 Å². The summed E-state index contributed by atoms with van der Waals surface area (Å²) in [6.07, 6.45) is 7.30. The summed E-state index contributed by atoms with van der Waals surface area (Å²) in [7, 11) is 0. The fraction of sp³-hybridized carbons (Fsp3) is 0.765. The van der Waals surface area contributed by atoms with Crippen molar-refractivity contribution >= 4 is 5.91 Å². The number of nitrogens with one attached hydrogen (secondary N) is 1. The molecular weight excluding hydrogens is 280 g/mol. The first-order valence-corrected chi connectivity index (χ1v) is 8.44. The largest absolute Gasteiger partial charge is 0.378 e. The van der Waals surface area contributed by atoms with Gasteiger partial charge in [0.1, 0.15) is 11.3 Å². The van der Waals surface area contributed by atoms with Crippen molar-refractivity contribution in [3.63, 3.8) is 0 Å². The molecule has 122 valence electrons. The molecule has 0 unspecified atom stereocenters. The monoisotopic (exact) mass is 306 g/mol. The molecule has 0 radical (unpaired) electrons. The Labute approximate surface area is 131 Å². The highest BCUT2D eigenvalue weighted by Crippen LogP contribution is 2.53. The van der Waals surface area contributed by atoms with E-state index < -0.39 is 0 Å². The zero-order valence-corrected chi connectivity index (χ0v) is 13.8. The molecule has 2 atom stereocenters. The number of carbonyl (C=O) groups excluding carboxylic acids is 1. The number of nitrogens with zero attached hydrogens (tertiary/aromatic N) is 1. The molecule has 1 heterocycles. The average molecular weight is 306 g/mol. The van der Waals surface area contributed by atoms with E-state index in [4.69, 9.17) is 9.26 Å². The van der Waals surface area contributed by atoms with Crippen LogP contribution in [0.1, 0.15) is 67.3 Å². The molecule has 0 aliphatic heterocycles. The molecule has 1 N–H and O–H groups in total. The number of aryl methyl sites for hydroxylation is 2. The van der Waals surface area contributed by atoms with Gasteiger partial charge in [-0.05, 0) is 40.0 Å². The first-order chi connectivity index (χ1) is 10.6. The van der Waals surface area contributed by atoms with Gasteiger partial charge in [0.25, 0.3) is 5.91 Å². The highest BCUT2D eigenvalue weighted by Gasteiger charge is 2.56. The van der Waals surface area contributed by atoms with Gasteiger partial charge in [-0.25, -0.2) is 0 Å². The molecule has 2 aliphatic rings. The second-order valence-corrected chi connectivity index (χ2v) is 6.70. The van der Waals surface area contributed by atoms with Crippen molar-refractivity contribution in [3.05, 3.63) is 17.0 Å². The summed E-state index contributed by atoms with van der Waals surface area (Å²) in [5.74, 6) is 0.537. The van der Waals surface area contributed by atoms with Gasteiger partial charge in [-0.2, -0.15) is 0 Å². The second kappa shape index (κ2) is 6.03. The summed E-state index contributed by atoms with van der Waals surface area (Å²) in [5, 5.41) is 7.11. The van der Waals surface area contributed by atoms with Crippen molar-refractivity contribution in [3.8, 4) is 0 Å². The smallest absolute Gasteiger partial charge is 0.257 e. The summed E-state index contributed by atoms with van der Waals surface area (Å²) in [6, 6.07) is 0.213. The predicted octanol–water partition coefficient (Wildman–Crippen LogP) is 3.15. The molecule has 0 aromatic carbocycles. The zero-order valence-electron chi connectivity index (χ0n) is 13.8. The van der Waals surface area contributed by atoms with Crippen LogP contribution in [0.2, 0.25) is 0 Å². The Morgan fingerprint density at radius 1 is 1.36 bits per heavy atom. The van der Waals surface area contributed by atoms with Gasteiger partial charge in [-0.3, -0.25) is 4.79 Å². The lowest BCUT2D eigenvalue weighted by Crippen LogP contribution is -2.65. The van der Waals surface area contributed by atoms with E-state index in [2.05, 4.69) is 10.5 Å². The Hall–Kier alpha value is -1.36. The summed E-state index contributed by atoms with van der Waals surface area (Å²) in [5.41, 5.74) is 1.39. The van der Waals surface area contributed by atoms with Gasteiger partial charge >= 0.3 is 0 Å². The van der Waals surface area contributed by atoms with Crippen molar-refractivity contribution in [2.45, 2.75) is 71.4 Å². The Morgan fingerprint density at radius 3 is 2.68 bits per heavy atom. The van der Waals surface area contributed by atoms with Crippen LogP contribution in [-0.4, -0.2) is 29.8 Å². The average Bonchev–Trinajstić information content (AvgIpc) is 2.86. The molecule has 1 amide bonds. The van der Waals surface area contributed by atoms with Crippen molar-refractivity contribution in [2.24, 2.45) is 5.41 Å². The number of hydrogen-bond acceptors (Lipinski definition) is 4. The van der Waals surface area contributed by atoms with Gasteiger partial charge in [-0.1, -0.05) is 24.4 Å². The maximum absolute atomic E-state index is 12.6. The fourth-order valence-electron chi connectivity index (χ4n) is 4.30. The molecule has 5 heteroatoms. The minimum atomic E-state index is -0.0545. The van der Waals surface area contributed by atoms with E-state index in [1.165, 1.54) is 19.3 Å². The molecule has 2 fully saturated rings. The summed E-state index contributed by atoms with van der Waals surface area (Å²) >= 11 is 0. The van der Waals surface area contributed by atoms with Crippen LogP contribution in [-0.2, 0) is 4.74 Å². The maximum Gasteiger partial charge on any atom is 0.257 e. The topological polar surface area (TPSA) is 64.4 Å². The number of ether oxygens (including phenoxy) is 1. The minimum Gasteiger partial charge on any atom is -0.378 e. The number of carbonyl (C=O) groups is 1. The number of amides is 1. The Kier molecular flexibility index (Phi) is 4.26. The number of hydrogen-bond donors (Lipinski definition) is 1. The quantitative estimate of drug-likeness (QED) is 0.928. The summed E-state index contributed by atoms with van der Waals surface area (Å²) in [4.78, 5) is 12.6. The summed E-state index contributed by atoms with van der Waals surface area (Å²) in [6.45, 7) is 6.39. The first-order valence-electron chi connectivity index (χ1n) is 8.44. The summed E-state index contributed by atoms with van der Waals surface area (Å²) < 4.78 is 11.0. The predicted molar refractivity (Wildman–Crippen MR) is 82.8 cm³/mol. The third-order valence-electron chi connectivity index (χ3n) is 5.50. The second-order valence-electron chi connectivity index (χ2n) is 6.70. The first kappa shape index (κ1) is 15.5. The SMILES string of the molecule is CCO[C@H]1C[C@H](NC(=O)c2c(C)noc2C)C12CCCCC2. The Balaban J connectivity index is 1.73. The van der Waals surface area contributed by atoms with Crippen LogP contribution in [0, 0.1) is 19.3 Å². The molecule has 22 heavy (non-hydrogen) atoms. The fourth-order valence-corrected chi connectivity index (χ4v) is 4.30. The van der Waals surface area contributed by atoms with Crippen LogP contribution in [0.15, 0.2) is 4.52 Å². The van der Waals surface area contributed by atoms with E-state index in [0.29, 0.717) is 23.1 Å². The lowest BCUT2D eigenvalue weighted by Gasteiger charge is -2.57. The molecule has 1 aromatic heterocycles. The van der Waals surface area contributed by atoms with Gasteiger partial charge in [0, 0.05) is 18.1 Å². The van der Waals surface area contributed by atoms with E-state index >= 15 is 0 Å². The molecule has 0 saturated heterocycles. The standard InChI is InChI=1S/C17H26N2O3/c1-4-21-14-10-13(17(14)8-6-5-7-9-17)18-16(20)15-11(2)19-22-12(15)3/h13-14H,4-10H2,1-3H3,(H,18,20)/t13-,14-/m0/s1. The molecule has 0 bridgehead atoms. The van der Waals surface area contributed by atoms with Crippen LogP contribution < -0.4 is 5.32 Å². The van der Waals surface area contributed by atoms with E-state index in [1.807, 2.05) is 13.8 Å². The van der Waals surface area contributed by atoms with Crippen molar-refractivity contribution in [2.75, 3.05) is 6.61 Å². The Bertz CT molecular complexity index is 527. The van der Waals surface area contributed by atoms with Crippen LogP contribution >= 0.6 is 0 Å². The third-order valence-corrected chi connectivity index (χ3v) is 5.50. The van der Waals surface area contributed by atoms with Gasteiger partial charge in [-0.15, -0.1) is 0 Å². The lowest BCUT2D eigenvalue weighted by molar-refractivity contribution is -0.146. The Morgan fingerprint density at radius 2 is 2.09 bits per heavy atom. The van der Waals surface area contributed by atoms with Crippen LogP contribution in [0.5, 0.6) is 0 Å². The normalized spacial score (nSPS) is 26.7. The van der Waals surface area contributed by atoms with Gasteiger partial charge in [0.15, 0.2) is 0 Å². The molecule has 2 aliphatic carbocycles. The van der Waals surface area contributed by atoms with Gasteiger partial charge in [0.2, 0.25) is 0 Å². The third kappa shape index (κ3) is 2.45. The lowest BCUT2D eigenvalue weighted by atomic mass is 9.55. The van der Waals surface area contributed by atoms with Crippen LogP contribution in [0.3, 0.4) is 0 Å². The molecule has 5 nitrogen and oxygen atoms in total. The molecule has 1 spiro atoms. The molecule has 2 saturated carbocycles. The van der Waals surface area contributed by atoms with E-state index in [1.54, 1.807) is 6.92 Å². The van der Waals surface area contributed by atoms with E-state index in [0.717, 1.165) is 25.9 Å². The van der Waals surface area contributed by atoms with Crippen molar-refractivity contribution in [1.29, 1.82) is 0 Å². The molecule has 3 rings (SSSR count). The molecule has 1 aromatic rings. The van der Waals surface area contributed by atoms with Crippen LogP contribution in [0.25, 0.3) is 0 Å². The maximum atomic E-state index is 12.6. The van der Waals surface area contributed by atoms with Gasteiger partial charge < -0.3 is 14.6 Å². The van der Waals surface area contributed by atoms with Crippen molar-refractivity contribution in [1.82, 2.24) is 10.5 Å².